The number of amides is 1. The molecular weight excluding hydrogens is 226 g/mol. The van der Waals surface area contributed by atoms with Crippen molar-refractivity contribution in [1.29, 1.82) is 0 Å². The third kappa shape index (κ3) is 2.79. The van der Waals surface area contributed by atoms with Gasteiger partial charge in [0.2, 0.25) is 5.91 Å². The van der Waals surface area contributed by atoms with Crippen molar-refractivity contribution >= 4 is 5.91 Å². The first-order valence-electron chi connectivity index (χ1n) is 5.55. The molecule has 0 saturated heterocycles. The molecule has 1 aliphatic carbocycles. The van der Waals surface area contributed by atoms with Crippen LogP contribution in [-0.2, 0) is 11.3 Å². The van der Waals surface area contributed by atoms with Gasteiger partial charge in [0.1, 0.15) is 11.6 Å². The summed E-state index contributed by atoms with van der Waals surface area (Å²) in [5.74, 6) is -1.44. The van der Waals surface area contributed by atoms with E-state index in [0.29, 0.717) is 5.56 Å². The molecule has 2 N–H and O–H groups in total. The van der Waals surface area contributed by atoms with Crippen molar-refractivity contribution < 1.29 is 13.6 Å². The van der Waals surface area contributed by atoms with Gasteiger partial charge in [-0.05, 0) is 18.9 Å². The molecule has 0 aromatic heterocycles. The third-order valence-corrected chi connectivity index (χ3v) is 2.84. The van der Waals surface area contributed by atoms with Crippen molar-refractivity contribution in [1.82, 2.24) is 4.90 Å². The van der Waals surface area contributed by atoms with Crippen LogP contribution in [-0.4, -0.2) is 23.4 Å². The first-order valence-corrected chi connectivity index (χ1v) is 5.55. The van der Waals surface area contributed by atoms with E-state index in [9.17, 15) is 13.6 Å². The number of rotatable bonds is 4. The minimum absolute atomic E-state index is 0.0840. The van der Waals surface area contributed by atoms with Crippen LogP contribution in [0.25, 0.3) is 0 Å². The number of nitrogens with zero attached hydrogens (tertiary/aromatic N) is 1. The first kappa shape index (κ1) is 12.0. The van der Waals surface area contributed by atoms with Crippen LogP contribution in [0.15, 0.2) is 18.2 Å². The Kier molecular flexibility index (Phi) is 3.38. The van der Waals surface area contributed by atoms with Gasteiger partial charge in [-0.15, -0.1) is 0 Å². The van der Waals surface area contributed by atoms with Crippen molar-refractivity contribution in [3.63, 3.8) is 0 Å². The monoisotopic (exact) mass is 240 g/mol. The summed E-state index contributed by atoms with van der Waals surface area (Å²) < 4.78 is 26.2. The quantitative estimate of drug-likeness (QED) is 0.865. The molecule has 1 aromatic carbocycles. The Bertz CT molecular complexity index is 433. The average molecular weight is 240 g/mol. The average Bonchev–Trinajstić information content (AvgIpc) is 3.11. The molecule has 92 valence electrons. The standard InChI is InChI=1S/C12H14F2N2O/c13-9-2-1-8(11(14)5-9)7-16(10-3-4-10)12(17)6-15/h1-2,5,10H,3-4,6-7,15H2. The molecule has 5 heteroatoms. The number of carbonyl (C=O) groups excluding carboxylic acids is 1. The van der Waals surface area contributed by atoms with E-state index in [0.717, 1.165) is 18.9 Å². The van der Waals surface area contributed by atoms with E-state index in [1.54, 1.807) is 4.90 Å². The predicted molar refractivity (Wildman–Crippen MR) is 59.0 cm³/mol. The van der Waals surface area contributed by atoms with Crippen molar-refractivity contribution in [2.45, 2.75) is 25.4 Å². The number of hydrogen-bond donors (Lipinski definition) is 1. The van der Waals surface area contributed by atoms with E-state index in [1.807, 2.05) is 0 Å². The summed E-state index contributed by atoms with van der Waals surface area (Å²) >= 11 is 0. The molecule has 0 radical (unpaired) electrons. The second-order valence-corrected chi connectivity index (χ2v) is 4.19. The fourth-order valence-electron chi connectivity index (χ4n) is 1.76. The summed E-state index contributed by atoms with van der Waals surface area (Å²) in [6, 6.07) is 3.55. The Morgan fingerprint density at radius 1 is 1.41 bits per heavy atom. The van der Waals surface area contributed by atoms with Crippen molar-refractivity contribution in [3.05, 3.63) is 35.4 Å². The highest BCUT2D eigenvalue weighted by atomic mass is 19.1. The minimum atomic E-state index is -0.625. The lowest BCUT2D eigenvalue weighted by atomic mass is 10.2. The SMILES string of the molecule is NCC(=O)N(Cc1ccc(F)cc1F)C1CC1. The highest BCUT2D eigenvalue weighted by molar-refractivity contribution is 5.78. The van der Waals surface area contributed by atoms with Gasteiger partial charge in [0, 0.05) is 24.2 Å². The normalized spacial score (nSPS) is 14.8. The van der Waals surface area contributed by atoms with Crippen LogP contribution in [0.3, 0.4) is 0 Å². The van der Waals surface area contributed by atoms with Gasteiger partial charge in [0.15, 0.2) is 0 Å². The van der Waals surface area contributed by atoms with Gasteiger partial charge >= 0.3 is 0 Å². The van der Waals surface area contributed by atoms with Gasteiger partial charge in [-0.3, -0.25) is 4.79 Å². The number of benzene rings is 1. The van der Waals surface area contributed by atoms with Gasteiger partial charge < -0.3 is 10.6 Å². The molecule has 0 aliphatic heterocycles. The van der Waals surface area contributed by atoms with Crippen LogP contribution in [0.5, 0.6) is 0 Å². The van der Waals surface area contributed by atoms with Gasteiger partial charge in [-0.25, -0.2) is 8.78 Å². The Morgan fingerprint density at radius 2 is 2.12 bits per heavy atom. The van der Waals surface area contributed by atoms with Crippen LogP contribution in [0.1, 0.15) is 18.4 Å². The summed E-state index contributed by atoms with van der Waals surface area (Å²) in [7, 11) is 0. The summed E-state index contributed by atoms with van der Waals surface area (Å²) in [6.45, 7) is 0.0755. The van der Waals surface area contributed by atoms with Crippen molar-refractivity contribution in [2.75, 3.05) is 6.54 Å². The second-order valence-electron chi connectivity index (χ2n) is 4.19. The molecular formula is C12H14F2N2O. The van der Waals surface area contributed by atoms with Crippen molar-refractivity contribution in [3.8, 4) is 0 Å². The highest BCUT2D eigenvalue weighted by Crippen LogP contribution is 2.28. The number of nitrogens with two attached hydrogens (primary N) is 1. The zero-order valence-electron chi connectivity index (χ0n) is 9.33. The second kappa shape index (κ2) is 4.79. The lowest BCUT2D eigenvalue weighted by molar-refractivity contribution is -0.130. The van der Waals surface area contributed by atoms with E-state index in [2.05, 4.69) is 0 Å². The summed E-state index contributed by atoms with van der Waals surface area (Å²) in [5, 5.41) is 0. The maximum absolute atomic E-state index is 13.5. The largest absolute Gasteiger partial charge is 0.334 e. The summed E-state index contributed by atoms with van der Waals surface area (Å²) in [6.07, 6.45) is 1.85. The number of carbonyl (C=O) groups is 1. The molecule has 0 bridgehead atoms. The van der Waals surface area contributed by atoms with Gasteiger partial charge in [-0.1, -0.05) is 6.07 Å². The fraction of sp³-hybridized carbons (Fsp3) is 0.417. The summed E-state index contributed by atoms with van der Waals surface area (Å²) in [5.41, 5.74) is 5.63. The molecule has 17 heavy (non-hydrogen) atoms. The van der Waals surface area contributed by atoms with Gasteiger partial charge in [0.25, 0.3) is 0 Å². The molecule has 2 rings (SSSR count). The van der Waals surface area contributed by atoms with E-state index >= 15 is 0 Å². The molecule has 1 fully saturated rings. The molecule has 0 spiro atoms. The van der Waals surface area contributed by atoms with Crippen LogP contribution in [0.2, 0.25) is 0 Å². The Hall–Kier alpha value is -1.49. The number of halogens is 2. The summed E-state index contributed by atoms with van der Waals surface area (Å²) in [4.78, 5) is 13.1. The molecule has 1 saturated carbocycles. The van der Waals surface area contributed by atoms with Crippen molar-refractivity contribution in [2.24, 2.45) is 5.73 Å². The zero-order chi connectivity index (χ0) is 12.4. The predicted octanol–water partition coefficient (Wildman–Crippen LogP) is 1.41. The minimum Gasteiger partial charge on any atom is -0.334 e. The number of hydrogen-bond acceptors (Lipinski definition) is 2. The van der Waals surface area contributed by atoms with Gasteiger partial charge in [0.05, 0.1) is 6.54 Å². The van der Waals surface area contributed by atoms with E-state index in [4.69, 9.17) is 5.73 Å². The van der Waals surface area contributed by atoms with Crippen LogP contribution >= 0.6 is 0 Å². The molecule has 3 nitrogen and oxygen atoms in total. The third-order valence-electron chi connectivity index (χ3n) is 2.84. The molecule has 1 aliphatic rings. The maximum Gasteiger partial charge on any atom is 0.236 e. The van der Waals surface area contributed by atoms with Crippen LogP contribution in [0.4, 0.5) is 8.78 Å². The first-order chi connectivity index (χ1) is 8.11. The zero-order valence-corrected chi connectivity index (χ0v) is 9.33. The topological polar surface area (TPSA) is 46.3 Å². The van der Waals surface area contributed by atoms with E-state index < -0.39 is 11.6 Å². The van der Waals surface area contributed by atoms with E-state index in [1.165, 1.54) is 12.1 Å². The molecule has 0 unspecified atom stereocenters. The lowest BCUT2D eigenvalue weighted by Gasteiger charge is -2.22. The molecule has 1 amide bonds. The van der Waals surface area contributed by atoms with Crippen LogP contribution < -0.4 is 5.73 Å². The lowest BCUT2D eigenvalue weighted by Crippen LogP contribution is -2.37. The molecule has 1 aromatic rings. The van der Waals surface area contributed by atoms with Gasteiger partial charge in [-0.2, -0.15) is 0 Å². The maximum atomic E-state index is 13.5. The Labute approximate surface area is 98.2 Å². The van der Waals surface area contributed by atoms with E-state index in [-0.39, 0.29) is 25.0 Å². The smallest absolute Gasteiger partial charge is 0.236 e. The molecule has 0 heterocycles. The highest BCUT2D eigenvalue weighted by Gasteiger charge is 2.32. The fourth-order valence-corrected chi connectivity index (χ4v) is 1.76. The Balaban J connectivity index is 2.14. The Morgan fingerprint density at radius 3 is 2.65 bits per heavy atom. The van der Waals surface area contributed by atoms with Crippen LogP contribution in [0, 0.1) is 11.6 Å². The molecule has 0 atom stereocenters.